The van der Waals surface area contributed by atoms with Crippen LogP contribution < -0.4 is 10.6 Å². The summed E-state index contributed by atoms with van der Waals surface area (Å²) in [6, 6.07) is 28.8. The number of piperazine rings is 2. The Bertz CT molecular complexity index is 1910. The zero-order valence-electron chi connectivity index (χ0n) is 34.7. The molecule has 3 atom stereocenters. The fourth-order valence-electron chi connectivity index (χ4n) is 8.08. The molecule has 8 nitrogen and oxygen atoms in total. The van der Waals surface area contributed by atoms with Gasteiger partial charge in [0.1, 0.15) is 6.23 Å². The number of likely N-dealkylation sites (N-methyl/N-ethyl adjacent to an activating group) is 2. The first-order chi connectivity index (χ1) is 27.7. The summed E-state index contributed by atoms with van der Waals surface area (Å²) in [5.74, 6) is 0.247. The second-order valence-corrected chi connectivity index (χ2v) is 16.9. The number of rotatable bonds is 15. The summed E-state index contributed by atoms with van der Waals surface area (Å²) < 4.78 is 43.2. The Balaban J connectivity index is 0.988. The minimum absolute atomic E-state index is 0.0841. The molecule has 2 unspecified atom stereocenters. The lowest BCUT2D eigenvalue weighted by Gasteiger charge is -2.41. The Morgan fingerprint density at radius 3 is 2.00 bits per heavy atom. The number of alkyl halides is 3. The number of nitrogens with zero attached hydrogens (tertiary/aromatic N) is 4. The van der Waals surface area contributed by atoms with Crippen LogP contribution in [0.25, 0.3) is 0 Å². The van der Waals surface area contributed by atoms with E-state index >= 15 is 0 Å². The Hall–Kier alpha value is -4.26. The van der Waals surface area contributed by atoms with Crippen LogP contribution in [0.3, 0.4) is 0 Å². The zero-order chi connectivity index (χ0) is 41.4. The topological polar surface area (TPSA) is 74.3 Å². The molecule has 2 fully saturated rings. The van der Waals surface area contributed by atoms with Crippen LogP contribution in [0.4, 0.5) is 24.5 Å². The number of carbonyl (C=O) groups is 1. The lowest BCUT2D eigenvalue weighted by Crippen LogP contribution is -2.51. The Kier molecular flexibility index (Phi) is 14.7. The van der Waals surface area contributed by atoms with Crippen molar-refractivity contribution < 1.29 is 23.1 Å². The summed E-state index contributed by atoms with van der Waals surface area (Å²) in [5, 5.41) is 16.7. The van der Waals surface area contributed by atoms with Gasteiger partial charge >= 0.3 is 6.18 Å². The molecule has 2 aliphatic heterocycles. The first kappa shape index (κ1) is 43.3. The van der Waals surface area contributed by atoms with Crippen molar-refractivity contribution in [3.8, 4) is 0 Å². The molecule has 2 heterocycles. The van der Waals surface area contributed by atoms with Crippen LogP contribution >= 0.6 is 0 Å². The van der Waals surface area contributed by atoms with Crippen molar-refractivity contribution >= 4 is 17.3 Å². The van der Waals surface area contributed by atoms with Crippen molar-refractivity contribution in [2.45, 2.75) is 83.4 Å². The van der Waals surface area contributed by atoms with E-state index in [0.29, 0.717) is 25.4 Å². The van der Waals surface area contributed by atoms with E-state index in [2.05, 4.69) is 101 Å². The zero-order valence-corrected chi connectivity index (χ0v) is 34.7. The standard InChI is InChI=1S/C47H61F3N6O2/c1-33(2)38-12-6-35(7-13-38)28-46(58)52-42-19-16-40(44(29-42)47(48,49)50)31-56-25-22-54(5)43(32-56)26-34(3)39-14-8-36(9-15-39)27-45(57)51-41-17-10-37(11-18-41)30-55-23-20-53(4)21-24-55/h6-19,29,33-34,43,45,51,57H,20-28,30-32H2,1-5H3,(H,52,58)/t34-,43?,45?/m1/s1. The molecule has 0 aliphatic carbocycles. The van der Waals surface area contributed by atoms with E-state index < -0.39 is 18.0 Å². The fraction of sp³-hybridized carbons (Fsp3) is 0.468. The minimum atomic E-state index is -4.56. The summed E-state index contributed by atoms with van der Waals surface area (Å²) in [7, 11) is 4.25. The van der Waals surface area contributed by atoms with Gasteiger partial charge in [-0.15, -0.1) is 0 Å². The van der Waals surface area contributed by atoms with Crippen molar-refractivity contribution in [2.24, 2.45) is 0 Å². The van der Waals surface area contributed by atoms with Crippen LogP contribution in [-0.4, -0.2) is 103 Å². The number of aliphatic hydroxyl groups is 1. The fourth-order valence-corrected chi connectivity index (χ4v) is 8.08. The molecule has 2 aliphatic rings. The molecule has 4 aromatic rings. The molecule has 6 rings (SSSR count). The predicted molar refractivity (Wildman–Crippen MR) is 228 cm³/mol. The third kappa shape index (κ3) is 12.4. The van der Waals surface area contributed by atoms with E-state index in [-0.39, 0.29) is 42.1 Å². The van der Waals surface area contributed by atoms with Crippen LogP contribution in [0.1, 0.15) is 78.0 Å². The quantitative estimate of drug-likeness (QED) is 0.105. The molecule has 2 saturated heterocycles. The number of aliphatic hydroxyl groups excluding tert-OH is 1. The molecule has 0 spiro atoms. The lowest BCUT2D eigenvalue weighted by molar-refractivity contribution is -0.138. The van der Waals surface area contributed by atoms with Crippen molar-refractivity contribution in [1.29, 1.82) is 0 Å². The van der Waals surface area contributed by atoms with Gasteiger partial charge in [-0.05, 0) is 90.0 Å². The highest BCUT2D eigenvalue weighted by atomic mass is 19.4. The van der Waals surface area contributed by atoms with Crippen LogP contribution in [0.5, 0.6) is 0 Å². The van der Waals surface area contributed by atoms with Crippen LogP contribution in [-0.2, 0) is 36.9 Å². The van der Waals surface area contributed by atoms with Gasteiger partial charge in [0.25, 0.3) is 0 Å². The normalized spacial score (nSPS) is 18.6. The average molecular weight is 799 g/mol. The van der Waals surface area contributed by atoms with Gasteiger partial charge in [-0.2, -0.15) is 13.2 Å². The van der Waals surface area contributed by atoms with Gasteiger partial charge in [0.05, 0.1) is 12.0 Å². The van der Waals surface area contributed by atoms with Crippen molar-refractivity contribution in [1.82, 2.24) is 19.6 Å². The highest BCUT2D eigenvalue weighted by molar-refractivity contribution is 5.92. The first-order valence-electron chi connectivity index (χ1n) is 20.7. The third-order valence-corrected chi connectivity index (χ3v) is 11.9. The molecular weight excluding hydrogens is 738 g/mol. The molecule has 58 heavy (non-hydrogen) atoms. The average Bonchev–Trinajstić information content (AvgIpc) is 3.18. The maximum absolute atomic E-state index is 14.4. The summed E-state index contributed by atoms with van der Waals surface area (Å²) in [4.78, 5) is 22.0. The minimum Gasteiger partial charge on any atom is -0.373 e. The molecule has 0 radical (unpaired) electrons. The predicted octanol–water partition coefficient (Wildman–Crippen LogP) is 8.04. The largest absolute Gasteiger partial charge is 0.416 e. The van der Waals surface area contributed by atoms with Crippen molar-refractivity contribution in [3.63, 3.8) is 0 Å². The monoisotopic (exact) mass is 798 g/mol. The number of hydrogen-bond donors (Lipinski definition) is 3. The number of halogens is 3. The Morgan fingerprint density at radius 1 is 0.741 bits per heavy atom. The highest BCUT2D eigenvalue weighted by Crippen LogP contribution is 2.35. The number of anilines is 2. The van der Waals surface area contributed by atoms with Crippen LogP contribution in [0, 0.1) is 0 Å². The number of amides is 1. The van der Waals surface area contributed by atoms with Gasteiger partial charge < -0.3 is 25.5 Å². The number of nitrogens with one attached hydrogen (secondary N) is 2. The molecule has 11 heteroatoms. The Labute approximate surface area is 343 Å². The van der Waals surface area contributed by atoms with Gasteiger partial charge in [0, 0.05) is 82.7 Å². The highest BCUT2D eigenvalue weighted by Gasteiger charge is 2.35. The summed E-state index contributed by atoms with van der Waals surface area (Å²) in [6.45, 7) is 13.9. The Morgan fingerprint density at radius 2 is 1.34 bits per heavy atom. The third-order valence-electron chi connectivity index (χ3n) is 11.9. The second kappa shape index (κ2) is 19.7. The number of carbonyl (C=O) groups excluding carboxylic acids is 1. The maximum Gasteiger partial charge on any atom is 0.416 e. The summed E-state index contributed by atoms with van der Waals surface area (Å²) >= 11 is 0. The van der Waals surface area contributed by atoms with E-state index in [4.69, 9.17) is 0 Å². The van der Waals surface area contributed by atoms with Crippen molar-refractivity contribution in [2.75, 3.05) is 70.5 Å². The van der Waals surface area contributed by atoms with E-state index in [1.165, 1.54) is 17.2 Å². The molecule has 0 aromatic heterocycles. The number of hydrogen-bond acceptors (Lipinski definition) is 7. The lowest BCUT2D eigenvalue weighted by atomic mass is 9.91. The van der Waals surface area contributed by atoms with Crippen LogP contribution in [0.2, 0.25) is 0 Å². The van der Waals surface area contributed by atoms with Gasteiger partial charge in [0.15, 0.2) is 0 Å². The summed E-state index contributed by atoms with van der Waals surface area (Å²) in [5.41, 5.74) is 5.99. The van der Waals surface area contributed by atoms with E-state index in [9.17, 15) is 23.1 Å². The molecule has 1 amide bonds. The molecule has 0 bridgehead atoms. The molecule has 0 saturated carbocycles. The van der Waals surface area contributed by atoms with Gasteiger partial charge in [-0.25, -0.2) is 0 Å². The number of benzene rings is 4. The van der Waals surface area contributed by atoms with Gasteiger partial charge in [-0.1, -0.05) is 87.5 Å². The van der Waals surface area contributed by atoms with Crippen LogP contribution in [0.15, 0.2) is 91.0 Å². The van der Waals surface area contributed by atoms with Gasteiger partial charge in [0.2, 0.25) is 5.91 Å². The maximum atomic E-state index is 14.4. The molecular formula is C47H61F3N6O2. The van der Waals surface area contributed by atoms with E-state index in [1.54, 1.807) is 6.07 Å². The van der Waals surface area contributed by atoms with Crippen molar-refractivity contribution in [3.05, 3.63) is 130 Å². The molecule has 3 N–H and O–H groups in total. The van der Waals surface area contributed by atoms with E-state index in [0.717, 1.165) is 74.1 Å². The SMILES string of the molecule is CC(C)c1ccc(CC(=O)Nc2ccc(CN3CCN(C)C(C[C@@H](C)c4ccc(CC(O)Nc5ccc(CN6CCN(C)CC6)cc5)cc4)C3)c(C(F)(F)F)c2)cc1. The molecule has 312 valence electrons. The molecule has 4 aromatic carbocycles. The summed E-state index contributed by atoms with van der Waals surface area (Å²) in [6.07, 6.45) is -3.87. The van der Waals surface area contributed by atoms with E-state index in [1.807, 2.05) is 36.4 Å². The smallest absolute Gasteiger partial charge is 0.373 e. The first-order valence-corrected chi connectivity index (χ1v) is 20.7. The van der Waals surface area contributed by atoms with Gasteiger partial charge in [-0.3, -0.25) is 14.6 Å². The second-order valence-electron chi connectivity index (χ2n) is 16.9.